The minimum absolute atomic E-state index is 0.0105. The molecular formula is C11H6F3NO2. The molecule has 0 radical (unpaired) electrons. The Hall–Kier alpha value is -2.24. The molecule has 0 unspecified atom stereocenters. The fraction of sp³-hybridized carbons (Fsp3) is 0. The van der Waals surface area contributed by atoms with Crippen molar-refractivity contribution in [1.82, 2.24) is 0 Å². The van der Waals surface area contributed by atoms with E-state index >= 15 is 0 Å². The molecule has 2 aromatic rings. The quantitative estimate of drug-likeness (QED) is 0.380. The number of benzene rings is 1. The highest BCUT2D eigenvalue weighted by Crippen LogP contribution is 2.27. The Morgan fingerprint density at radius 1 is 1.06 bits per heavy atom. The topological polar surface area (TPSA) is 45.7 Å². The maximum atomic E-state index is 13.4. The van der Waals surface area contributed by atoms with E-state index in [1.165, 1.54) is 12.1 Å². The Bertz CT molecular complexity index is 578. The van der Waals surface area contributed by atoms with Crippen LogP contribution < -0.4 is 0 Å². The largest absolute Gasteiger partial charge is 0.455 e. The van der Waals surface area contributed by atoms with Gasteiger partial charge in [-0.05, 0) is 24.3 Å². The van der Waals surface area contributed by atoms with Gasteiger partial charge in [-0.1, -0.05) is 5.16 Å². The van der Waals surface area contributed by atoms with Crippen molar-refractivity contribution in [2.75, 3.05) is 0 Å². The third-order valence-corrected chi connectivity index (χ3v) is 2.11. The molecule has 0 aliphatic rings. The summed E-state index contributed by atoms with van der Waals surface area (Å²) in [6.45, 7) is 0. The zero-order valence-electron chi connectivity index (χ0n) is 8.32. The Kier molecular flexibility index (Phi) is 2.86. The van der Waals surface area contributed by atoms with Crippen LogP contribution >= 0.6 is 0 Å². The van der Waals surface area contributed by atoms with Gasteiger partial charge in [-0.15, -0.1) is 0 Å². The number of oxime groups is 1. The van der Waals surface area contributed by atoms with Gasteiger partial charge in [-0.2, -0.15) is 0 Å². The van der Waals surface area contributed by atoms with Gasteiger partial charge in [0.2, 0.25) is 0 Å². The lowest BCUT2D eigenvalue weighted by Crippen LogP contribution is -1.92. The first-order valence-corrected chi connectivity index (χ1v) is 4.54. The molecule has 1 aromatic carbocycles. The second-order valence-electron chi connectivity index (χ2n) is 3.17. The zero-order valence-corrected chi connectivity index (χ0v) is 8.32. The standard InChI is InChI=1S/C11H6F3NO2/c12-8-3-2-7(10(13)11(8)14)9-4-1-6(17-9)5-15-16/h1-5,16H/b15-5+. The highest BCUT2D eigenvalue weighted by Gasteiger charge is 2.16. The van der Waals surface area contributed by atoms with E-state index in [-0.39, 0.29) is 17.1 Å². The van der Waals surface area contributed by atoms with Crippen LogP contribution in [-0.4, -0.2) is 11.4 Å². The molecule has 17 heavy (non-hydrogen) atoms. The first kappa shape index (κ1) is 11.3. The molecule has 0 aliphatic heterocycles. The van der Waals surface area contributed by atoms with Crippen LogP contribution in [0.4, 0.5) is 13.2 Å². The van der Waals surface area contributed by atoms with E-state index in [0.717, 1.165) is 18.3 Å². The van der Waals surface area contributed by atoms with Gasteiger partial charge in [0.1, 0.15) is 17.7 Å². The average Bonchev–Trinajstić information content (AvgIpc) is 2.75. The van der Waals surface area contributed by atoms with Crippen molar-refractivity contribution < 1.29 is 22.8 Å². The molecule has 88 valence electrons. The lowest BCUT2D eigenvalue weighted by molar-refractivity contribution is 0.321. The van der Waals surface area contributed by atoms with E-state index in [1.807, 2.05) is 0 Å². The molecule has 0 bridgehead atoms. The third-order valence-electron chi connectivity index (χ3n) is 2.11. The Balaban J connectivity index is 2.49. The number of halogens is 3. The van der Waals surface area contributed by atoms with Gasteiger partial charge >= 0.3 is 0 Å². The summed E-state index contributed by atoms with van der Waals surface area (Å²) in [6, 6.07) is 4.62. The number of hydrogen-bond donors (Lipinski definition) is 1. The minimum Gasteiger partial charge on any atom is -0.455 e. The molecule has 1 N–H and O–H groups in total. The van der Waals surface area contributed by atoms with Crippen molar-refractivity contribution in [3.63, 3.8) is 0 Å². The molecule has 3 nitrogen and oxygen atoms in total. The molecule has 1 heterocycles. The molecule has 0 saturated carbocycles. The van der Waals surface area contributed by atoms with Crippen molar-refractivity contribution in [2.45, 2.75) is 0 Å². The van der Waals surface area contributed by atoms with Gasteiger partial charge in [-0.25, -0.2) is 13.2 Å². The van der Waals surface area contributed by atoms with E-state index in [4.69, 9.17) is 9.62 Å². The van der Waals surface area contributed by atoms with Crippen LogP contribution in [0.1, 0.15) is 5.76 Å². The van der Waals surface area contributed by atoms with E-state index in [0.29, 0.717) is 0 Å². The number of furan rings is 1. The van der Waals surface area contributed by atoms with E-state index in [2.05, 4.69) is 5.16 Å². The summed E-state index contributed by atoms with van der Waals surface area (Å²) in [5.74, 6) is -3.99. The van der Waals surface area contributed by atoms with Crippen LogP contribution in [0, 0.1) is 17.5 Å². The zero-order chi connectivity index (χ0) is 12.4. The van der Waals surface area contributed by atoms with Crippen molar-refractivity contribution in [1.29, 1.82) is 0 Å². The molecule has 0 spiro atoms. The molecule has 6 heteroatoms. The summed E-state index contributed by atoms with van der Waals surface area (Å²) in [7, 11) is 0. The SMILES string of the molecule is O/N=C/c1ccc(-c2ccc(F)c(F)c2F)o1. The molecule has 2 rings (SSSR count). The third kappa shape index (κ3) is 2.01. The first-order valence-electron chi connectivity index (χ1n) is 4.54. The van der Waals surface area contributed by atoms with Crippen molar-refractivity contribution in [3.8, 4) is 11.3 Å². The normalized spacial score (nSPS) is 11.2. The molecule has 0 fully saturated rings. The summed E-state index contributed by atoms with van der Waals surface area (Å²) in [5.41, 5.74) is -0.207. The molecule has 0 saturated heterocycles. The second kappa shape index (κ2) is 4.32. The molecule has 0 atom stereocenters. The number of rotatable bonds is 2. The first-order chi connectivity index (χ1) is 8.13. The molecule has 0 aliphatic carbocycles. The van der Waals surface area contributed by atoms with Gasteiger partial charge in [-0.3, -0.25) is 0 Å². The molecule has 0 amide bonds. The average molecular weight is 241 g/mol. The highest BCUT2D eigenvalue weighted by atomic mass is 19.2. The van der Waals surface area contributed by atoms with Gasteiger partial charge in [0.25, 0.3) is 0 Å². The van der Waals surface area contributed by atoms with Crippen molar-refractivity contribution in [3.05, 3.63) is 47.5 Å². The van der Waals surface area contributed by atoms with Crippen LogP contribution in [-0.2, 0) is 0 Å². The Morgan fingerprint density at radius 3 is 2.53 bits per heavy atom. The van der Waals surface area contributed by atoms with Crippen LogP contribution in [0.2, 0.25) is 0 Å². The summed E-state index contributed by atoms with van der Waals surface area (Å²) >= 11 is 0. The molecule has 1 aromatic heterocycles. The van der Waals surface area contributed by atoms with Gasteiger partial charge in [0, 0.05) is 0 Å². The van der Waals surface area contributed by atoms with Crippen molar-refractivity contribution >= 4 is 6.21 Å². The van der Waals surface area contributed by atoms with Crippen molar-refractivity contribution in [2.24, 2.45) is 5.16 Å². The summed E-state index contributed by atoms with van der Waals surface area (Å²) in [4.78, 5) is 0. The van der Waals surface area contributed by atoms with Gasteiger partial charge < -0.3 is 9.62 Å². The lowest BCUT2D eigenvalue weighted by Gasteiger charge is -2.01. The Morgan fingerprint density at radius 2 is 1.82 bits per heavy atom. The Labute approximate surface area is 93.8 Å². The lowest BCUT2D eigenvalue weighted by atomic mass is 10.1. The highest BCUT2D eigenvalue weighted by molar-refractivity contribution is 5.76. The number of nitrogens with zero attached hydrogens (tertiary/aromatic N) is 1. The maximum absolute atomic E-state index is 13.4. The van der Waals surface area contributed by atoms with Crippen LogP contribution in [0.3, 0.4) is 0 Å². The maximum Gasteiger partial charge on any atom is 0.195 e. The van der Waals surface area contributed by atoms with E-state index in [1.54, 1.807) is 0 Å². The second-order valence-corrected chi connectivity index (χ2v) is 3.17. The smallest absolute Gasteiger partial charge is 0.195 e. The predicted octanol–water partition coefficient (Wildman–Crippen LogP) is 3.17. The fourth-order valence-electron chi connectivity index (χ4n) is 1.34. The van der Waals surface area contributed by atoms with Crippen LogP contribution in [0.25, 0.3) is 11.3 Å². The fourth-order valence-corrected chi connectivity index (χ4v) is 1.34. The molecular weight excluding hydrogens is 235 g/mol. The van der Waals surface area contributed by atoms with Crippen LogP contribution in [0.15, 0.2) is 33.8 Å². The summed E-state index contributed by atoms with van der Waals surface area (Å²) in [5, 5.41) is 11.0. The van der Waals surface area contributed by atoms with Crippen LogP contribution in [0.5, 0.6) is 0 Å². The summed E-state index contributed by atoms with van der Waals surface area (Å²) in [6.07, 6.45) is 0.987. The number of hydrogen-bond acceptors (Lipinski definition) is 3. The van der Waals surface area contributed by atoms with E-state index < -0.39 is 17.5 Å². The van der Waals surface area contributed by atoms with Gasteiger partial charge in [0.05, 0.1) is 5.56 Å². The monoisotopic (exact) mass is 241 g/mol. The summed E-state index contributed by atoms with van der Waals surface area (Å²) < 4.78 is 44.1. The minimum atomic E-state index is -1.56. The predicted molar refractivity (Wildman–Crippen MR) is 53.4 cm³/mol. The van der Waals surface area contributed by atoms with Gasteiger partial charge in [0.15, 0.2) is 17.5 Å². The van der Waals surface area contributed by atoms with E-state index in [9.17, 15) is 13.2 Å².